The van der Waals surface area contributed by atoms with Gasteiger partial charge in [0.25, 0.3) is 0 Å². The molecule has 0 aromatic heterocycles. The van der Waals surface area contributed by atoms with Crippen LogP contribution in [0.5, 0.6) is 0 Å². The van der Waals surface area contributed by atoms with Crippen molar-refractivity contribution in [2.75, 3.05) is 19.7 Å². The van der Waals surface area contributed by atoms with E-state index >= 15 is 0 Å². The predicted octanol–water partition coefficient (Wildman–Crippen LogP) is 1.40. The summed E-state index contributed by atoms with van der Waals surface area (Å²) in [5.74, 6) is -3.75. The molecule has 1 heterocycles. The van der Waals surface area contributed by atoms with Crippen molar-refractivity contribution >= 4 is 0 Å². The maximum Gasteiger partial charge on any atom is 0.165 e. The van der Waals surface area contributed by atoms with Crippen molar-refractivity contribution in [3.8, 4) is 0 Å². The van der Waals surface area contributed by atoms with Crippen LogP contribution in [-0.2, 0) is 0 Å². The summed E-state index contributed by atoms with van der Waals surface area (Å²) in [6.45, 7) is 0.659. The average Bonchev–Trinajstić information content (AvgIpc) is 2.72. The monoisotopic (exact) mass is 231 g/mol. The summed E-state index contributed by atoms with van der Waals surface area (Å²) in [7, 11) is 0. The van der Waals surface area contributed by atoms with Gasteiger partial charge in [-0.2, -0.15) is 0 Å². The smallest absolute Gasteiger partial charge is 0.165 e. The molecule has 1 aromatic rings. The Morgan fingerprint density at radius 2 is 1.88 bits per heavy atom. The van der Waals surface area contributed by atoms with E-state index in [0.29, 0.717) is 13.1 Å². The molecule has 0 saturated carbocycles. The van der Waals surface area contributed by atoms with Gasteiger partial charge in [0.15, 0.2) is 11.6 Å². The second-order valence-corrected chi connectivity index (χ2v) is 3.96. The van der Waals surface area contributed by atoms with E-state index in [2.05, 4.69) is 5.32 Å². The second-order valence-electron chi connectivity index (χ2n) is 3.96. The normalized spacial score (nSPS) is 25.0. The van der Waals surface area contributed by atoms with Crippen LogP contribution in [0.2, 0.25) is 0 Å². The third-order valence-corrected chi connectivity index (χ3v) is 3.02. The second kappa shape index (κ2) is 4.43. The number of halogens is 3. The van der Waals surface area contributed by atoms with Crippen molar-refractivity contribution in [1.82, 2.24) is 5.32 Å². The lowest BCUT2D eigenvalue weighted by Crippen LogP contribution is -2.17. The van der Waals surface area contributed by atoms with Crippen molar-refractivity contribution in [1.29, 1.82) is 0 Å². The maximum atomic E-state index is 13.5. The number of hydrogen-bond donors (Lipinski definition) is 2. The van der Waals surface area contributed by atoms with Crippen molar-refractivity contribution in [2.24, 2.45) is 5.92 Å². The first kappa shape index (κ1) is 11.4. The molecule has 2 nitrogen and oxygen atoms in total. The molecule has 0 amide bonds. The molecule has 0 unspecified atom stereocenters. The summed E-state index contributed by atoms with van der Waals surface area (Å²) in [5, 5.41) is 12.0. The molecule has 88 valence electrons. The summed E-state index contributed by atoms with van der Waals surface area (Å²) < 4.78 is 40.0. The van der Waals surface area contributed by atoms with Crippen LogP contribution >= 0.6 is 0 Å². The van der Waals surface area contributed by atoms with Gasteiger partial charge in [0.2, 0.25) is 0 Å². The van der Waals surface area contributed by atoms with E-state index in [0.717, 1.165) is 12.1 Å². The molecule has 2 rings (SSSR count). The highest BCUT2D eigenvalue weighted by molar-refractivity contribution is 5.27. The van der Waals surface area contributed by atoms with Crippen LogP contribution in [-0.4, -0.2) is 24.8 Å². The zero-order chi connectivity index (χ0) is 11.7. The quantitative estimate of drug-likeness (QED) is 0.754. The first-order valence-corrected chi connectivity index (χ1v) is 5.10. The molecular weight excluding hydrogens is 219 g/mol. The molecule has 2 atom stereocenters. The van der Waals surface area contributed by atoms with E-state index in [1.807, 2.05) is 0 Å². The van der Waals surface area contributed by atoms with Crippen molar-refractivity contribution in [3.63, 3.8) is 0 Å². The van der Waals surface area contributed by atoms with E-state index in [-0.39, 0.29) is 18.1 Å². The van der Waals surface area contributed by atoms with Gasteiger partial charge in [-0.25, -0.2) is 13.2 Å². The SMILES string of the molecule is OC[C@@H]1CNC[C@H]1c1c(F)ccc(F)c1F. The van der Waals surface area contributed by atoms with Gasteiger partial charge >= 0.3 is 0 Å². The van der Waals surface area contributed by atoms with Crippen molar-refractivity contribution in [2.45, 2.75) is 5.92 Å². The number of aliphatic hydroxyl groups is 1. The molecule has 2 N–H and O–H groups in total. The predicted molar refractivity (Wildman–Crippen MR) is 52.5 cm³/mol. The molecule has 0 bridgehead atoms. The number of benzene rings is 1. The molecule has 1 fully saturated rings. The number of nitrogens with one attached hydrogen (secondary N) is 1. The lowest BCUT2D eigenvalue weighted by Gasteiger charge is -2.18. The van der Waals surface area contributed by atoms with Gasteiger partial charge in [0.1, 0.15) is 5.82 Å². The Morgan fingerprint density at radius 1 is 1.19 bits per heavy atom. The first-order chi connectivity index (χ1) is 7.65. The highest BCUT2D eigenvalue weighted by Gasteiger charge is 2.32. The minimum atomic E-state index is -1.15. The molecule has 1 aliphatic heterocycles. The summed E-state index contributed by atoms with van der Waals surface area (Å²) >= 11 is 0. The standard InChI is InChI=1S/C11H12F3NO/c12-8-1-2-9(13)11(14)10(8)7-4-15-3-6(7)5-16/h1-2,6-7,15-16H,3-5H2/t6-,7+/m0/s1. The Morgan fingerprint density at radius 3 is 2.56 bits per heavy atom. The Bertz CT molecular complexity index is 397. The van der Waals surface area contributed by atoms with Crippen LogP contribution in [0.3, 0.4) is 0 Å². The number of aliphatic hydroxyl groups excluding tert-OH is 1. The van der Waals surface area contributed by atoms with Gasteiger partial charge in [0.05, 0.1) is 0 Å². The molecule has 1 aromatic carbocycles. The van der Waals surface area contributed by atoms with Crippen LogP contribution in [0, 0.1) is 23.4 Å². The van der Waals surface area contributed by atoms with Gasteiger partial charge in [-0.05, 0) is 12.1 Å². The van der Waals surface area contributed by atoms with E-state index in [1.54, 1.807) is 0 Å². The largest absolute Gasteiger partial charge is 0.396 e. The third-order valence-electron chi connectivity index (χ3n) is 3.02. The van der Waals surface area contributed by atoms with Gasteiger partial charge in [-0.1, -0.05) is 0 Å². The Labute approximate surface area is 91.1 Å². The fourth-order valence-electron chi connectivity index (χ4n) is 2.15. The average molecular weight is 231 g/mol. The van der Waals surface area contributed by atoms with Crippen LogP contribution < -0.4 is 5.32 Å². The third kappa shape index (κ3) is 1.81. The van der Waals surface area contributed by atoms with E-state index < -0.39 is 23.4 Å². The molecule has 0 radical (unpaired) electrons. The fourth-order valence-corrected chi connectivity index (χ4v) is 2.15. The Kier molecular flexibility index (Phi) is 3.16. The molecule has 1 aliphatic rings. The first-order valence-electron chi connectivity index (χ1n) is 5.10. The molecule has 0 spiro atoms. The molecule has 0 aliphatic carbocycles. The summed E-state index contributed by atoms with van der Waals surface area (Å²) in [5.41, 5.74) is -0.260. The minimum Gasteiger partial charge on any atom is -0.396 e. The van der Waals surface area contributed by atoms with Crippen molar-refractivity contribution in [3.05, 3.63) is 35.1 Å². The number of rotatable bonds is 2. The van der Waals surface area contributed by atoms with Crippen LogP contribution in [0.25, 0.3) is 0 Å². The molecular formula is C11H12F3NO. The van der Waals surface area contributed by atoms with Crippen molar-refractivity contribution < 1.29 is 18.3 Å². The van der Waals surface area contributed by atoms with Crippen LogP contribution in [0.4, 0.5) is 13.2 Å². The fraction of sp³-hybridized carbons (Fsp3) is 0.455. The maximum absolute atomic E-state index is 13.5. The highest BCUT2D eigenvalue weighted by Crippen LogP contribution is 2.32. The minimum absolute atomic E-state index is 0.174. The molecule has 1 saturated heterocycles. The van der Waals surface area contributed by atoms with Gasteiger partial charge in [0, 0.05) is 37.1 Å². The molecule has 5 heteroatoms. The topological polar surface area (TPSA) is 32.3 Å². The molecule has 16 heavy (non-hydrogen) atoms. The zero-order valence-corrected chi connectivity index (χ0v) is 8.51. The van der Waals surface area contributed by atoms with Crippen LogP contribution in [0.1, 0.15) is 11.5 Å². The zero-order valence-electron chi connectivity index (χ0n) is 8.51. The van der Waals surface area contributed by atoms with E-state index in [1.165, 1.54) is 0 Å². The Balaban J connectivity index is 2.43. The number of hydrogen-bond acceptors (Lipinski definition) is 2. The summed E-state index contributed by atoms with van der Waals surface area (Å²) in [6.07, 6.45) is 0. The summed E-state index contributed by atoms with van der Waals surface area (Å²) in [4.78, 5) is 0. The van der Waals surface area contributed by atoms with E-state index in [9.17, 15) is 13.2 Å². The summed E-state index contributed by atoms with van der Waals surface area (Å²) in [6, 6.07) is 1.69. The highest BCUT2D eigenvalue weighted by atomic mass is 19.2. The van der Waals surface area contributed by atoms with Gasteiger partial charge in [-0.15, -0.1) is 0 Å². The Hall–Kier alpha value is -1.07. The van der Waals surface area contributed by atoms with Gasteiger partial charge < -0.3 is 10.4 Å². The van der Waals surface area contributed by atoms with Gasteiger partial charge in [-0.3, -0.25) is 0 Å². The van der Waals surface area contributed by atoms with Crippen LogP contribution in [0.15, 0.2) is 12.1 Å². The lowest BCUT2D eigenvalue weighted by molar-refractivity contribution is 0.223. The lowest BCUT2D eigenvalue weighted by atomic mass is 9.88. The van der Waals surface area contributed by atoms with E-state index in [4.69, 9.17) is 5.11 Å².